The van der Waals surface area contributed by atoms with Crippen LogP contribution in [-0.4, -0.2) is 62.4 Å². The molecule has 0 saturated carbocycles. The van der Waals surface area contributed by atoms with Crippen molar-refractivity contribution in [1.29, 1.82) is 0 Å². The van der Waals surface area contributed by atoms with Crippen molar-refractivity contribution in [2.45, 2.75) is 25.7 Å². The zero-order valence-corrected chi connectivity index (χ0v) is 21.5. The summed E-state index contributed by atoms with van der Waals surface area (Å²) in [4.78, 5) is 20.3. The number of likely N-dealkylation sites (N-methyl/N-ethyl adjacent to an activating group) is 1. The maximum absolute atomic E-state index is 13.1. The molecule has 0 aliphatic carbocycles. The van der Waals surface area contributed by atoms with Crippen LogP contribution in [0.5, 0.6) is 11.5 Å². The minimum Gasteiger partial charge on any atom is -0.497 e. The highest BCUT2D eigenvalue weighted by atomic mass is 32.1. The Morgan fingerprint density at radius 2 is 1.89 bits per heavy atom. The van der Waals surface area contributed by atoms with Gasteiger partial charge in [-0.2, -0.15) is 0 Å². The lowest BCUT2D eigenvalue weighted by atomic mass is 10.2. The van der Waals surface area contributed by atoms with Gasteiger partial charge in [-0.15, -0.1) is 11.3 Å². The molecule has 0 spiro atoms. The molecule has 3 aromatic rings. The molecule has 1 saturated heterocycles. The van der Waals surface area contributed by atoms with Gasteiger partial charge < -0.3 is 20.1 Å². The van der Waals surface area contributed by atoms with Gasteiger partial charge in [0.2, 0.25) is 0 Å². The third kappa shape index (κ3) is 6.79. The van der Waals surface area contributed by atoms with Crippen molar-refractivity contribution >= 4 is 17.2 Å². The van der Waals surface area contributed by atoms with Crippen LogP contribution in [-0.2, 0) is 6.54 Å². The molecule has 1 aliphatic heterocycles. The Morgan fingerprint density at radius 1 is 1.17 bits per heavy atom. The fraction of sp³-hybridized carbons (Fsp3) is 0.385. The number of carbonyl (C=O) groups excluding carboxylic acids is 1. The van der Waals surface area contributed by atoms with Crippen molar-refractivity contribution in [3.63, 3.8) is 0 Å². The van der Waals surface area contributed by atoms with Crippen LogP contribution >= 0.6 is 11.3 Å². The summed E-state index contributed by atoms with van der Waals surface area (Å²) >= 11 is 1.40. The summed E-state index contributed by atoms with van der Waals surface area (Å²) < 4.78 is 24.1. The van der Waals surface area contributed by atoms with Crippen LogP contribution in [0.2, 0.25) is 0 Å². The second-order valence-corrected chi connectivity index (χ2v) is 9.70. The van der Waals surface area contributed by atoms with Crippen LogP contribution in [0.1, 0.15) is 32.0 Å². The normalized spacial score (nSPS) is 17.7. The molecule has 192 valence electrons. The van der Waals surface area contributed by atoms with E-state index >= 15 is 0 Å². The number of amides is 1. The molecule has 10 heteroatoms. The Balaban J connectivity index is 1.28. The van der Waals surface area contributed by atoms with Gasteiger partial charge >= 0.3 is 0 Å². The lowest BCUT2D eigenvalue weighted by molar-refractivity contribution is 0.0954. The number of aromatic nitrogens is 1. The number of hydrogen-bond acceptors (Lipinski definition) is 8. The van der Waals surface area contributed by atoms with Gasteiger partial charge in [0.05, 0.1) is 25.0 Å². The van der Waals surface area contributed by atoms with E-state index in [2.05, 4.69) is 32.9 Å². The van der Waals surface area contributed by atoms with Crippen LogP contribution < -0.4 is 25.4 Å². The van der Waals surface area contributed by atoms with Gasteiger partial charge in [0, 0.05) is 26.2 Å². The third-order valence-corrected chi connectivity index (χ3v) is 7.34. The van der Waals surface area contributed by atoms with E-state index in [9.17, 15) is 9.18 Å². The molecule has 2 unspecified atom stereocenters. The van der Waals surface area contributed by atoms with Crippen molar-refractivity contribution in [3.05, 3.63) is 75.5 Å². The fourth-order valence-electron chi connectivity index (χ4n) is 3.93. The minimum absolute atomic E-state index is 0.00365. The maximum Gasteiger partial charge on any atom is 0.263 e. The molecule has 3 N–H and O–H groups in total. The Bertz CT molecular complexity index is 1140. The molecule has 36 heavy (non-hydrogen) atoms. The van der Waals surface area contributed by atoms with E-state index in [1.54, 1.807) is 19.2 Å². The Morgan fingerprint density at radius 3 is 2.61 bits per heavy atom. The molecule has 1 amide bonds. The van der Waals surface area contributed by atoms with Gasteiger partial charge in [-0.3, -0.25) is 15.0 Å². The van der Waals surface area contributed by atoms with Crippen molar-refractivity contribution in [1.82, 2.24) is 25.8 Å². The van der Waals surface area contributed by atoms with Gasteiger partial charge in [-0.25, -0.2) is 9.37 Å². The lowest BCUT2D eigenvalue weighted by Gasteiger charge is -2.36. The molecular weight excluding hydrogens is 481 g/mol. The number of carbonyl (C=O) groups is 1. The topological polar surface area (TPSA) is 87.8 Å². The summed E-state index contributed by atoms with van der Waals surface area (Å²) in [6.07, 6.45) is 0.100. The summed E-state index contributed by atoms with van der Waals surface area (Å²) in [5.74, 6) is 1.14. The predicted octanol–water partition coefficient (Wildman–Crippen LogP) is 3.10. The number of piperazine rings is 1. The zero-order valence-electron chi connectivity index (χ0n) is 20.7. The number of aryl methyl sites for hydroxylation is 1. The number of halogens is 1. The van der Waals surface area contributed by atoms with E-state index in [0.717, 1.165) is 41.7 Å². The van der Waals surface area contributed by atoms with E-state index in [0.29, 0.717) is 23.7 Å². The SMILES string of the molecule is COc1ccc(OCCN(C)C2CNCC(c3nc(C)c(C(=O)NCc4ccc(F)cc4)s3)N2)cc1. The van der Waals surface area contributed by atoms with Crippen molar-refractivity contribution < 1.29 is 18.7 Å². The first-order chi connectivity index (χ1) is 17.4. The maximum atomic E-state index is 13.1. The quantitative estimate of drug-likeness (QED) is 0.384. The molecule has 1 aromatic heterocycles. The standard InChI is InChI=1S/C26H32FN5O3S/c1-17-24(25(33)29-14-18-4-6-19(27)7-5-18)36-26(30-17)22-15-28-16-23(31-22)32(2)12-13-35-21-10-8-20(34-3)9-11-21/h4-11,22-23,28,31H,12-16H2,1-3H3,(H,29,33). The van der Waals surface area contributed by atoms with Crippen molar-refractivity contribution in [2.75, 3.05) is 40.4 Å². The van der Waals surface area contributed by atoms with Gasteiger partial charge in [-0.1, -0.05) is 12.1 Å². The summed E-state index contributed by atoms with van der Waals surface area (Å²) in [6.45, 7) is 5.01. The fourth-order valence-corrected chi connectivity index (χ4v) is 4.98. The number of benzene rings is 2. The van der Waals surface area contributed by atoms with Gasteiger partial charge in [0.15, 0.2) is 0 Å². The van der Waals surface area contributed by atoms with Crippen LogP contribution in [0.3, 0.4) is 0 Å². The Labute approximate surface area is 214 Å². The highest BCUT2D eigenvalue weighted by Crippen LogP contribution is 2.25. The summed E-state index contributed by atoms with van der Waals surface area (Å²) in [5.41, 5.74) is 1.55. The first kappa shape index (κ1) is 26.0. The highest BCUT2D eigenvalue weighted by molar-refractivity contribution is 7.13. The van der Waals surface area contributed by atoms with E-state index in [1.165, 1.54) is 23.5 Å². The van der Waals surface area contributed by atoms with Crippen LogP contribution in [0.4, 0.5) is 4.39 Å². The molecular formula is C26H32FN5O3S. The van der Waals surface area contributed by atoms with E-state index in [-0.39, 0.29) is 23.9 Å². The van der Waals surface area contributed by atoms with Crippen LogP contribution in [0.25, 0.3) is 0 Å². The second-order valence-electron chi connectivity index (χ2n) is 8.67. The largest absolute Gasteiger partial charge is 0.497 e. The van der Waals surface area contributed by atoms with E-state index < -0.39 is 0 Å². The molecule has 0 bridgehead atoms. The molecule has 1 fully saturated rings. The molecule has 1 aliphatic rings. The van der Waals surface area contributed by atoms with Crippen LogP contribution in [0.15, 0.2) is 48.5 Å². The number of hydrogen-bond donors (Lipinski definition) is 3. The molecule has 2 atom stereocenters. The van der Waals surface area contributed by atoms with Gasteiger partial charge in [0.25, 0.3) is 5.91 Å². The first-order valence-electron chi connectivity index (χ1n) is 11.9. The number of methoxy groups -OCH3 is 1. The van der Waals surface area contributed by atoms with Crippen molar-refractivity contribution in [3.8, 4) is 11.5 Å². The minimum atomic E-state index is -0.296. The number of nitrogens with zero attached hydrogens (tertiary/aromatic N) is 2. The van der Waals surface area contributed by atoms with Gasteiger partial charge in [-0.05, 0) is 55.9 Å². The number of ether oxygens (including phenoxy) is 2. The third-order valence-electron chi connectivity index (χ3n) is 6.07. The van der Waals surface area contributed by atoms with E-state index in [4.69, 9.17) is 9.47 Å². The number of nitrogens with one attached hydrogen (secondary N) is 3. The molecule has 4 rings (SSSR count). The monoisotopic (exact) mass is 513 g/mol. The average Bonchev–Trinajstić information content (AvgIpc) is 3.30. The molecule has 8 nitrogen and oxygen atoms in total. The Hall–Kier alpha value is -3.05. The smallest absolute Gasteiger partial charge is 0.263 e. The van der Waals surface area contributed by atoms with Crippen LogP contribution in [0, 0.1) is 12.7 Å². The Kier molecular flexibility index (Phi) is 8.87. The zero-order chi connectivity index (χ0) is 25.5. The average molecular weight is 514 g/mol. The predicted molar refractivity (Wildman–Crippen MR) is 138 cm³/mol. The number of thiazole rings is 1. The molecule has 2 aromatic carbocycles. The molecule has 0 radical (unpaired) electrons. The lowest BCUT2D eigenvalue weighted by Crippen LogP contribution is -2.57. The first-order valence-corrected chi connectivity index (χ1v) is 12.7. The number of rotatable bonds is 10. The molecule has 2 heterocycles. The summed E-state index contributed by atoms with van der Waals surface area (Å²) in [6, 6.07) is 13.6. The second kappa shape index (κ2) is 12.3. The van der Waals surface area contributed by atoms with E-state index in [1.807, 2.05) is 31.2 Å². The van der Waals surface area contributed by atoms with Gasteiger partial charge in [0.1, 0.15) is 33.8 Å². The highest BCUT2D eigenvalue weighted by Gasteiger charge is 2.28. The van der Waals surface area contributed by atoms with Crippen molar-refractivity contribution in [2.24, 2.45) is 0 Å². The summed E-state index contributed by atoms with van der Waals surface area (Å²) in [7, 11) is 3.70. The summed E-state index contributed by atoms with van der Waals surface area (Å²) in [5, 5.41) is 10.9.